The van der Waals surface area contributed by atoms with Crippen molar-refractivity contribution >= 4 is 11.6 Å². The van der Waals surface area contributed by atoms with E-state index in [9.17, 15) is 9.50 Å². The highest BCUT2D eigenvalue weighted by molar-refractivity contribution is 6.30. The summed E-state index contributed by atoms with van der Waals surface area (Å²) in [5, 5.41) is 10.4. The van der Waals surface area contributed by atoms with E-state index in [-0.39, 0.29) is 11.4 Å². The van der Waals surface area contributed by atoms with Gasteiger partial charge in [-0.05, 0) is 29.8 Å². The Hall–Kier alpha value is -1.78. The molecule has 0 bridgehead atoms. The van der Waals surface area contributed by atoms with Crippen LogP contribution in [0.5, 0.6) is 11.5 Å². The molecule has 21 heavy (non-hydrogen) atoms. The minimum Gasteiger partial charge on any atom is -0.497 e. The lowest BCUT2D eigenvalue weighted by molar-refractivity contribution is 0.174. The van der Waals surface area contributed by atoms with E-state index in [2.05, 4.69) is 0 Å². The van der Waals surface area contributed by atoms with Crippen molar-refractivity contribution in [2.24, 2.45) is 0 Å². The van der Waals surface area contributed by atoms with Crippen molar-refractivity contribution in [1.82, 2.24) is 0 Å². The van der Waals surface area contributed by atoms with E-state index in [1.807, 2.05) is 0 Å². The number of benzene rings is 2. The molecule has 0 saturated heterocycles. The molecule has 0 aliphatic heterocycles. The molecule has 2 aromatic carbocycles. The average molecular weight is 311 g/mol. The summed E-state index contributed by atoms with van der Waals surface area (Å²) in [6.45, 7) is 0. The molecule has 0 aliphatic carbocycles. The van der Waals surface area contributed by atoms with Crippen LogP contribution in [0.15, 0.2) is 36.4 Å². The van der Waals surface area contributed by atoms with E-state index in [0.29, 0.717) is 22.6 Å². The molecule has 1 unspecified atom stereocenters. The maximum Gasteiger partial charge on any atom is 0.142 e. The van der Waals surface area contributed by atoms with Crippen molar-refractivity contribution in [2.75, 3.05) is 14.2 Å². The zero-order valence-electron chi connectivity index (χ0n) is 11.8. The lowest BCUT2D eigenvalue weighted by Crippen LogP contribution is -2.04. The highest BCUT2D eigenvalue weighted by atomic mass is 35.5. The Labute approximate surface area is 127 Å². The van der Waals surface area contributed by atoms with Crippen molar-refractivity contribution in [1.29, 1.82) is 0 Å². The van der Waals surface area contributed by atoms with Crippen LogP contribution in [0, 0.1) is 5.82 Å². The molecule has 1 N–H and O–H groups in total. The van der Waals surface area contributed by atoms with Crippen LogP contribution in [-0.4, -0.2) is 19.3 Å². The molecule has 0 spiro atoms. The minimum atomic E-state index is -0.813. The standard InChI is InChI=1S/C16H16ClFO3/c1-20-11-4-5-12(16(9-11)21-2)15(19)8-10-3-6-13(17)14(18)7-10/h3-7,9,15,19H,8H2,1-2H3. The number of ether oxygens (including phenoxy) is 2. The van der Waals surface area contributed by atoms with Crippen molar-refractivity contribution < 1.29 is 19.0 Å². The number of hydrogen-bond acceptors (Lipinski definition) is 3. The summed E-state index contributed by atoms with van der Waals surface area (Å²) in [6, 6.07) is 9.65. The molecular weight excluding hydrogens is 295 g/mol. The molecule has 3 nitrogen and oxygen atoms in total. The van der Waals surface area contributed by atoms with Gasteiger partial charge in [0.15, 0.2) is 0 Å². The lowest BCUT2D eigenvalue weighted by Gasteiger charge is -2.16. The summed E-state index contributed by atoms with van der Waals surface area (Å²) < 4.78 is 23.8. The first-order chi connectivity index (χ1) is 10.0. The molecule has 0 heterocycles. The smallest absolute Gasteiger partial charge is 0.142 e. The Morgan fingerprint density at radius 1 is 1.14 bits per heavy atom. The summed E-state index contributed by atoms with van der Waals surface area (Å²) in [4.78, 5) is 0. The maximum absolute atomic E-state index is 13.4. The van der Waals surface area contributed by atoms with Crippen LogP contribution >= 0.6 is 11.6 Å². The van der Waals surface area contributed by atoms with E-state index in [1.54, 1.807) is 31.4 Å². The van der Waals surface area contributed by atoms with E-state index < -0.39 is 11.9 Å². The third-order valence-electron chi connectivity index (χ3n) is 3.21. The molecular formula is C16H16ClFO3. The second-order valence-electron chi connectivity index (χ2n) is 4.58. The first kappa shape index (κ1) is 15.6. The number of aliphatic hydroxyl groups excluding tert-OH is 1. The van der Waals surface area contributed by atoms with Crippen LogP contribution in [0.2, 0.25) is 5.02 Å². The number of hydrogen-bond donors (Lipinski definition) is 1. The summed E-state index contributed by atoms with van der Waals surface area (Å²) in [5.41, 5.74) is 1.27. The van der Waals surface area contributed by atoms with Crippen molar-refractivity contribution in [3.8, 4) is 11.5 Å². The van der Waals surface area contributed by atoms with Gasteiger partial charge in [0.25, 0.3) is 0 Å². The van der Waals surface area contributed by atoms with Crippen LogP contribution in [-0.2, 0) is 6.42 Å². The summed E-state index contributed by atoms with van der Waals surface area (Å²) in [7, 11) is 3.08. The predicted octanol–water partition coefficient (Wildman–Crippen LogP) is 3.77. The maximum atomic E-state index is 13.4. The second kappa shape index (κ2) is 6.78. The molecule has 0 amide bonds. The van der Waals surface area contributed by atoms with Gasteiger partial charge in [-0.25, -0.2) is 4.39 Å². The Morgan fingerprint density at radius 2 is 1.90 bits per heavy atom. The van der Waals surface area contributed by atoms with E-state index in [1.165, 1.54) is 19.2 Å². The van der Waals surface area contributed by atoms with Gasteiger partial charge in [0.1, 0.15) is 17.3 Å². The third-order valence-corrected chi connectivity index (χ3v) is 3.52. The number of halogens is 2. The minimum absolute atomic E-state index is 0.0651. The second-order valence-corrected chi connectivity index (χ2v) is 4.98. The van der Waals surface area contributed by atoms with Gasteiger partial charge in [-0.2, -0.15) is 0 Å². The van der Waals surface area contributed by atoms with Crippen molar-refractivity contribution in [3.05, 3.63) is 58.4 Å². The Balaban J connectivity index is 2.23. The summed E-state index contributed by atoms with van der Waals surface area (Å²) in [6.07, 6.45) is -0.553. The molecule has 0 fully saturated rings. The zero-order valence-corrected chi connectivity index (χ0v) is 12.5. The first-order valence-electron chi connectivity index (χ1n) is 6.39. The molecule has 0 saturated carbocycles. The molecule has 0 aliphatic rings. The highest BCUT2D eigenvalue weighted by Crippen LogP contribution is 2.31. The normalized spacial score (nSPS) is 12.0. The molecule has 112 valence electrons. The zero-order chi connectivity index (χ0) is 15.4. The molecule has 0 aromatic heterocycles. The average Bonchev–Trinajstić information content (AvgIpc) is 2.50. The van der Waals surface area contributed by atoms with Gasteiger partial charge < -0.3 is 14.6 Å². The van der Waals surface area contributed by atoms with Crippen LogP contribution in [0.4, 0.5) is 4.39 Å². The Morgan fingerprint density at radius 3 is 2.52 bits per heavy atom. The first-order valence-corrected chi connectivity index (χ1v) is 6.77. The van der Waals surface area contributed by atoms with Gasteiger partial charge in [0, 0.05) is 18.1 Å². The van der Waals surface area contributed by atoms with Crippen molar-refractivity contribution in [3.63, 3.8) is 0 Å². The number of aliphatic hydroxyl groups is 1. The fraction of sp³-hybridized carbons (Fsp3) is 0.250. The van der Waals surface area contributed by atoms with Gasteiger partial charge in [-0.1, -0.05) is 17.7 Å². The van der Waals surface area contributed by atoms with Crippen LogP contribution in [0.25, 0.3) is 0 Å². The van der Waals surface area contributed by atoms with Crippen LogP contribution in [0.3, 0.4) is 0 Å². The predicted molar refractivity (Wildman–Crippen MR) is 79.6 cm³/mol. The lowest BCUT2D eigenvalue weighted by atomic mass is 10.0. The molecule has 0 radical (unpaired) electrons. The van der Waals surface area contributed by atoms with E-state index in [0.717, 1.165) is 0 Å². The Bertz CT molecular complexity index is 631. The number of methoxy groups -OCH3 is 2. The van der Waals surface area contributed by atoms with Crippen LogP contribution in [0.1, 0.15) is 17.2 Å². The SMILES string of the molecule is COc1ccc(C(O)Cc2ccc(Cl)c(F)c2)c(OC)c1. The van der Waals surface area contributed by atoms with Crippen LogP contribution < -0.4 is 9.47 Å². The third kappa shape index (κ3) is 3.65. The van der Waals surface area contributed by atoms with Crippen molar-refractivity contribution in [2.45, 2.75) is 12.5 Å². The molecule has 5 heteroatoms. The van der Waals surface area contributed by atoms with Gasteiger partial charge in [-0.3, -0.25) is 0 Å². The van der Waals surface area contributed by atoms with E-state index in [4.69, 9.17) is 21.1 Å². The summed E-state index contributed by atoms with van der Waals surface area (Å²) in [5.74, 6) is 0.666. The summed E-state index contributed by atoms with van der Waals surface area (Å²) >= 11 is 5.64. The number of rotatable bonds is 5. The van der Waals surface area contributed by atoms with Gasteiger partial charge >= 0.3 is 0 Å². The van der Waals surface area contributed by atoms with E-state index >= 15 is 0 Å². The molecule has 1 atom stereocenters. The Kier molecular flexibility index (Phi) is 5.04. The molecule has 2 rings (SSSR count). The van der Waals surface area contributed by atoms with Gasteiger partial charge in [0.05, 0.1) is 25.3 Å². The molecule has 2 aromatic rings. The fourth-order valence-corrected chi connectivity index (χ4v) is 2.21. The van der Waals surface area contributed by atoms with Gasteiger partial charge in [0.2, 0.25) is 0 Å². The quantitative estimate of drug-likeness (QED) is 0.913. The fourth-order valence-electron chi connectivity index (χ4n) is 2.09. The topological polar surface area (TPSA) is 38.7 Å². The largest absolute Gasteiger partial charge is 0.497 e. The monoisotopic (exact) mass is 310 g/mol. The van der Waals surface area contributed by atoms with Gasteiger partial charge in [-0.15, -0.1) is 0 Å². The highest BCUT2D eigenvalue weighted by Gasteiger charge is 2.15.